The average molecular weight is 401 g/mol. The summed E-state index contributed by atoms with van der Waals surface area (Å²) in [6.45, 7) is 2.79. The van der Waals surface area contributed by atoms with E-state index >= 15 is 0 Å². The summed E-state index contributed by atoms with van der Waals surface area (Å²) in [6.07, 6.45) is 8.64. The van der Waals surface area contributed by atoms with Crippen molar-refractivity contribution in [3.8, 4) is 5.75 Å². The summed E-state index contributed by atoms with van der Waals surface area (Å²) in [5.41, 5.74) is 6.99. The van der Waals surface area contributed by atoms with Crippen molar-refractivity contribution in [1.29, 1.82) is 0 Å². The van der Waals surface area contributed by atoms with E-state index in [4.69, 9.17) is 10.5 Å². The number of hydrogen-bond donors (Lipinski definition) is 2. The summed E-state index contributed by atoms with van der Waals surface area (Å²) >= 11 is 0. The van der Waals surface area contributed by atoms with Crippen LogP contribution in [-0.4, -0.2) is 21.7 Å². The van der Waals surface area contributed by atoms with Gasteiger partial charge in [-0.3, -0.25) is 9.59 Å². The molecule has 1 atom stereocenters. The second-order valence-corrected chi connectivity index (χ2v) is 7.38. The molecule has 0 unspecified atom stereocenters. The fourth-order valence-electron chi connectivity index (χ4n) is 3.20. The number of ether oxygens (including phenoxy) is 1. The molecule has 0 aliphatic heterocycles. The molecule has 1 aromatic heterocycles. The summed E-state index contributed by atoms with van der Waals surface area (Å²) in [7, 11) is 0. The number of aromatic nitrogens is 1. The van der Waals surface area contributed by atoms with E-state index in [0.717, 1.165) is 18.4 Å². The van der Waals surface area contributed by atoms with E-state index in [-0.39, 0.29) is 12.4 Å². The maximum absolute atomic E-state index is 12.3. The number of aryl methyl sites for hydroxylation is 1. The first-order chi connectivity index (χ1) is 14.0. The number of nitrogens with two attached hydrogens (primary N) is 1. The molecule has 1 heterocycles. The van der Waals surface area contributed by atoms with E-state index in [1.165, 1.54) is 37.9 Å². The number of hydrogen-bond acceptors (Lipinski definition) is 5. The minimum atomic E-state index is -0.770. The molecule has 3 N–H and O–H groups in total. The lowest BCUT2D eigenvalue weighted by atomic mass is 10.1. The van der Waals surface area contributed by atoms with Crippen molar-refractivity contribution in [2.45, 2.75) is 71.1 Å². The normalized spacial score (nSPS) is 11.9. The van der Waals surface area contributed by atoms with E-state index in [1.807, 2.05) is 30.3 Å². The van der Waals surface area contributed by atoms with Gasteiger partial charge in [-0.15, -0.1) is 0 Å². The first kappa shape index (κ1) is 22.7. The monoisotopic (exact) mass is 400 g/mol. The van der Waals surface area contributed by atoms with Gasteiger partial charge in [0, 0.05) is 12.6 Å². The van der Waals surface area contributed by atoms with E-state index in [9.17, 15) is 14.7 Å². The van der Waals surface area contributed by atoms with Crippen molar-refractivity contribution in [2.75, 3.05) is 0 Å². The van der Waals surface area contributed by atoms with Crippen molar-refractivity contribution in [2.24, 2.45) is 5.73 Å². The average Bonchev–Trinajstić information content (AvgIpc) is 2.72. The maximum Gasteiger partial charge on any atom is 0.323 e. The summed E-state index contributed by atoms with van der Waals surface area (Å²) in [5.74, 6) is -0.813. The summed E-state index contributed by atoms with van der Waals surface area (Å²) in [5, 5.41) is 9.77. The lowest BCUT2D eigenvalue weighted by Crippen LogP contribution is -2.34. The molecule has 0 radical (unpaired) electrons. The molecule has 0 aliphatic rings. The zero-order chi connectivity index (χ0) is 21.1. The quantitative estimate of drug-likeness (QED) is 0.420. The number of rotatable bonds is 12. The van der Waals surface area contributed by atoms with Gasteiger partial charge in [-0.05, 0) is 18.4 Å². The highest BCUT2D eigenvalue weighted by Gasteiger charge is 2.17. The number of pyridine rings is 1. The van der Waals surface area contributed by atoms with E-state index in [1.54, 1.807) is 4.57 Å². The SMILES string of the molecule is CCCCCCCCn1cc(O)c(=O)cc1COC(=O)[C@@H](N)Cc1ccccc1. The Kier molecular flexibility index (Phi) is 9.44. The van der Waals surface area contributed by atoms with Gasteiger partial charge in [0.2, 0.25) is 5.43 Å². The van der Waals surface area contributed by atoms with Crippen LogP contribution in [0.3, 0.4) is 0 Å². The number of unbranched alkanes of at least 4 members (excludes halogenated alkanes) is 5. The van der Waals surface area contributed by atoms with Crippen molar-refractivity contribution in [3.63, 3.8) is 0 Å². The molecular weight excluding hydrogens is 368 g/mol. The second-order valence-electron chi connectivity index (χ2n) is 7.38. The van der Waals surface area contributed by atoms with Crippen LogP contribution in [0.25, 0.3) is 0 Å². The lowest BCUT2D eigenvalue weighted by Gasteiger charge is -2.16. The predicted octanol–water partition coefficient (Wildman–Crippen LogP) is 3.53. The van der Waals surface area contributed by atoms with E-state index in [0.29, 0.717) is 18.7 Å². The Balaban J connectivity index is 1.91. The Hall–Kier alpha value is -2.60. The lowest BCUT2D eigenvalue weighted by molar-refractivity contribution is -0.146. The van der Waals surface area contributed by atoms with Crippen LogP contribution in [0.15, 0.2) is 47.4 Å². The zero-order valence-electron chi connectivity index (χ0n) is 17.2. The van der Waals surface area contributed by atoms with Crippen LogP contribution in [0, 0.1) is 0 Å². The topological polar surface area (TPSA) is 94.5 Å². The molecule has 2 rings (SSSR count). The van der Waals surface area contributed by atoms with Crippen LogP contribution < -0.4 is 11.2 Å². The molecule has 1 aromatic carbocycles. The van der Waals surface area contributed by atoms with Crippen LogP contribution in [-0.2, 0) is 29.1 Å². The first-order valence-electron chi connectivity index (χ1n) is 10.4. The molecule has 0 aliphatic carbocycles. The number of benzene rings is 1. The van der Waals surface area contributed by atoms with Crippen LogP contribution >= 0.6 is 0 Å². The number of carbonyl (C=O) groups is 1. The van der Waals surface area contributed by atoms with Crippen LogP contribution in [0.5, 0.6) is 5.75 Å². The molecule has 29 heavy (non-hydrogen) atoms. The molecular formula is C23H32N2O4. The number of esters is 1. The third kappa shape index (κ3) is 7.74. The molecule has 0 amide bonds. The second kappa shape index (κ2) is 12.1. The third-order valence-electron chi connectivity index (χ3n) is 4.91. The molecule has 6 nitrogen and oxygen atoms in total. The van der Waals surface area contributed by atoms with Crippen molar-refractivity contribution >= 4 is 5.97 Å². The molecule has 0 fully saturated rings. The molecule has 0 spiro atoms. The van der Waals surface area contributed by atoms with Gasteiger partial charge in [0.1, 0.15) is 12.6 Å². The Morgan fingerprint density at radius 2 is 1.83 bits per heavy atom. The molecule has 0 saturated heterocycles. The Labute approximate surface area is 172 Å². The summed E-state index contributed by atoms with van der Waals surface area (Å²) in [4.78, 5) is 24.1. The van der Waals surface area contributed by atoms with Crippen molar-refractivity contribution in [1.82, 2.24) is 4.57 Å². The van der Waals surface area contributed by atoms with Crippen LogP contribution in [0.4, 0.5) is 0 Å². The van der Waals surface area contributed by atoms with Crippen LogP contribution in [0.1, 0.15) is 56.7 Å². The van der Waals surface area contributed by atoms with Gasteiger partial charge in [0.05, 0.1) is 11.9 Å². The molecule has 158 valence electrons. The number of nitrogens with zero attached hydrogens (tertiary/aromatic N) is 1. The molecule has 2 aromatic rings. The van der Waals surface area contributed by atoms with Gasteiger partial charge in [-0.25, -0.2) is 0 Å². The van der Waals surface area contributed by atoms with E-state index < -0.39 is 17.4 Å². The fourth-order valence-corrected chi connectivity index (χ4v) is 3.20. The predicted molar refractivity (Wildman–Crippen MR) is 114 cm³/mol. The fraction of sp³-hybridized carbons (Fsp3) is 0.478. The standard InChI is InChI=1S/C23H32N2O4/c1-2-3-4-5-6-10-13-25-16-22(27)21(26)15-19(25)17-29-23(28)20(24)14-18-11-8-7-9-12-18/h7-9,11-12,15-16,20,27H,2-6,10,13-14,17,24H2,1H3/t20-/m0/s1. The molecule has 0 bridgehead atoms. The highest BCUT2D eigenvalue weighted by Crippen LogP contribution is 2.12. The Morgan fingerprint density at radius 1 is 1.14 bits per heavy atom. The minimum Gasteiger partial charge on any atom is -0.503 e. The Bertz CT molecular complexity index is 817. The minimum absolute atomic E-state index is 0.0489. The van der Waals surface area contributed by atoms with Gasteiger partial charge >= 0.3 is 5.97 Å². The highest BCUT2D eigenvalue weighted by molar-refractivity contribution is 5.75. The molecule has 0 saturated carbocycles. The maximum atomic E-state index is 12.3. The number of carbonyl (C=O) groups excluding carboxylic acids is 1. The number of aromatic hydroxyl groups is 1. The van der Waals surface area contributed by atoms with E-state index in [2.05, 4.69) is 6.92 Å². The van der Waals surface area contributed by atoms with Gasteiger partial charge in [-0.1, -0.05) is 69.4 Å². The van der Waals surface area contributed by atoms with Gasteiger partial charge < -0.3 is 20.1 Å². The highest BCUT2D eigenvalue weighted by atomic mass is 16.5. The largest absolute Gasteiger partial charge is 0.503 e. The van der Waals surface area contributed by atoms with Crippen LogP contribution in [0.2, 0.25) is 0 Å². The smallest absolute Gasteiger partial charge is 0.323 e. The summed E-state index contributed by atoms with van der Waals surface area (Å²) < 4.78 is 7.14. The van der Waals surface area contributed by atoms with Crippen molar-refractivity contribution < 1.29 is 14.6 Å². The Morgan fingerprint density at radius 3 is 2.55 bits per heavy atom. The third-order valence-corrected chi connectivity index (χ3v) is 4.91. The van der Waals surface area contributed by atoms with Crippen molar-refractivity contribution in [3.05, 3.63) is 64.1 Å². The molecule has 6 heteroatoms. The zero-order valence-corrected chi connectivity index (χ0v) is 17.2. The van der Waals surface area contributed by atoms with Gasteiger partial charge in [-0.2, -0.15) is 0 Å². The van der Waals surface area contributed by atoms with Gasteiger partial charge in [0.25, 0.3) is 0 Å². The summed E-state index contributed by atoms with van der Waals surface area (Å²) in [6, 6.07) is 10.1. The first-order valence-corrected chi connectivity index (χ1v) is 10.4. The van der Waals surface area contributed by atoms with Gasteiger partial charge in [0.15, 0.2) is 5.75 Å².